The highest BCUT2D eigenvalue weighted by Gasteiger charge is 2.26. The van der Waals surface area contributed by atoms with Gasteiger partial charge in [0.1, 0.15) is 6.61 Å². The van der Waals surface area contributed by atoms with E-state index >= 15 is 0 Å². The molecule has 0 aliphatic rings. The molecule has 0 aromatic heterocycles. The van der Waals surface area contributed by atoms with E-state index in [1.54, 1.807) is 0 Å². The van der Waals surface area contributed by atoms with Crippen molar-refractivity contribution in [1.29, 1.82) is 0 Å². The van der Waals surface area contributed by atoms with E-state index in [9.17, 15) is 19.0 Å². The van der Waals surface area contributed by atoms with Crippen LogP contribution in [0.25, 0.3) is 0 Å². The van der Waals surface area contributed by atoms with Gasteiger partial charge in [-0.25, -0.2) is 4.57 Å². The molecule has 2 unspecified atom stereocenters. The number of hydrogen-bond donors (Lipinski definition) is 2. The summed E-state index contributed by atoms with van der Waals surface area (Å²) in [7, 11) is -4.41. The van der Waals surface area contributed by atoms with Crippen molar-refractivity contribution in [3.8, 4) is 0 Å². The molecule has 69 heavy (non-hydrogen) atoms. The van der Waals surface area contributed by atoms with Crippen molar-refractivity contribution in [2.75, 3.05) is 26.4 Å². The minimum atomic E-state index is -4.41. The molecule has 0 amide bonds. The largest absolute Gasteiger partial charge is 0.472 e. The van der Waals surface area contributed by atoms with Gasteiger partial charge in [-0.15, -0.1) is 0 Å². The highest BCUT2D eigenvalue weighted by atomic mass is 31.2. The van der Waals surface area contributed by atoms with Crippen LogP contribution < -0.4 is 5.73 Å². The lowest BCUT2D eigenvalue weighted by Gasteiger charge is -2.19. The fourth-order valence-corrected chi connectivity index (χ4v) is 7.69. The van der Waals surface area contributed by atoms with Gasteiger partial charge in [-0.2, -0.15) is 0 Å². The first kappa shape index (κ1) is 65.4. The van der Waals surface area contributed by atoms with Crippen molar-refractivity contribution in [3.05, 3.63) is 122 Å². The number of esters is 2. The fourth-order valence-electron chi connectivity index (χ4n) is 6.92. The summed E-state index contributed by atoms with van der Waals surface area (Å²) in [6, 6.07) is 0. The monoisotopic (exact) mass is 980 g/mol. The lowest BCUT2D eigenvalue weighted by atomic mass is 10.0. The molecule has 0 aliphatic carbocycles. The van der Waals surface area contributed by atoms with Crippen molar-refractivity contribution in [2.24, 2.45) is 5.73 Å². The molecule has 0 radical (unpaired) electrons. The Bertz CT molecular complexity index is 1540. The van der Waals surface area contributed by atoms with Crippen LogP contribution in [0.1, 0.15) is 206 Å². The van der Waals surface area contributed by atoms with E-state index in [1.807, 2.05) is 0 Å². The summed E-state index contributed by atoms with van der Waals surface area (Å²) >= 11 is 0. The van der Waals surface area contributed by atoms with Gasteiger partial charge in [-0.1, -0.05) is 212 Å². The maximum Gasteiger partial charge on any atom is 0.472 e. The number of ether oxygens (including phenoxy) is 2. The molecule has 3 N–H and O–H groups in total. The van der Waals surface area contributed by atoms with E-state index in [4.69, 9.17) is 24.3 Å². The van der Waals surface area contributed by atoms with Gasteiger partial charge in [0.05, 0.1) is 13.2 Å². The van der Waals surface area contributed by atoms with Gasteiger partial charge >= 0.3 is 19.8 Å². The molecule has 0 saturated heterocycles. The van der Waals surface area contributed by atoms with Crippen LogP contribution in [0.4, 0.5) is 0 Å². The average Bonchev–Trinajstić information content (AvgIpc) is 3.34. The predicted molar refractivity (Wildman–Crippen MR) is 293 cm³/mol. The summed E-state index contributed by atoms with van der Waals surface area (Å²) in [6.07, 6.45) is 73.9. The second-order valence-corrected chi connectivity index (χ2v) is 18.8. The van der Waals surface area contributed by atoms with E-state index in [-0.39, 0.29) is 32.6 Å². The van der Waals surface area contributed by atoms with Crippen LogP contribution in [0.15, 0.2) is 122 Å². The number of nitrogens with two attached hydrogens (primary N) is 1. The maximum atomic E-state index is 12.7. The van der Waals surface area contributed by atoms with Crippen LogP contribution >= 0.6 is 7.82 Å². The molecule has 0 heterocycles. The summed E-state index contributed by atoms with van der Waals surface area (Å²) < 4.78 is 32.9. The number of carbonyl (C=O) groups is 2. The van der Waals surface area contributed by atoms with Crippen LogP contribution in [0.3, 0.4) is 0 Å². The third-order valence-electron chi connectivity index (χ3n) is 10.8. The van der Waals surface area contributed by atoms with Crippen molar-refractivity contribution in [1.82, 2.24) is 0 Å². The zero-order valence-electron chi connectivity index (χ0n) is 43.5. The Hall–Kier alpha value is -3.59. The van der Waals surface area contributed by atoms with Crippen molar-refractivity contribution < 1.29 is 37.6 Å². The Morgan fingerprint density at radius 3 is 1.14 bits per heavy atom. The van der Waals surface area contributed by atoms with Gasteiger partial charge in [-0.05, 0) is 103 Å². The molecule has 2 atom stereocenters. The molecule has 0 bridgehead atoms. The molecule has 0 rings (SSSR count). The smallest absolute Gasteiger partial charge is 0.462 e. The summed E-state index contributed by atoms with van der Waals surface area (Å²) in [5.41, 5.74) is 5.37. The van der Waals surface area contributed by atoms with Crippen LogP contribution in [0, 0.1) is 0 Å². The first-order valence-corrected chi connectivity index (χ1v) is 28.5. The standard InChI is InChI=1S/C59H98NO8P/c1-3-5-7-9-11-13-15-17-19-21-23-25-26-27-28-29-30-32-33-35-37-39-41-43-45-47-49-51-58(61)65-55-57(56-67-69(63,64)66-54-53-60)68-59(62)52-50-48-46-44-42-40-38-36-34-31-24-22-20-18-16-14-12-10-8-6-4-2/h5-8,11-14,17-20,23-25,31,36,38,42,44,57H,3-4,9-10,15-16,21-22,26-30,32-35,37,39-41,43,45-56,60H2,1-2H3,(H,63,64)/b7-5-,8-6-,13-11-,14-12-,19-17-,20-18-,25-23-,31-24-,38-36-,44-42-. The summed E-state index contributed by atoms with van der Waals surface area (Å²) in [5, 5.41) is 0. The van der Waals surface area contributed by atoms with E-state index in [1.165, 1.54) is 77.0 Å². The van der Waals surface area contributed by atoms with Gasteiger partial charge in [0, 0.05) is 19.4 Å². The predicted octanol–water partition coefficient (Wildman–Crippen LogP) is 16.8. The molecule has 0 spiro atoms. The zero-order valence-corrected chi connectivity index (χ0v) is 44.4. The number of rotatable bonds is 49. The van der Waals surface area contributed by atoms with Gasteiger partial charge in [-0.3, -0.25) is 18.6 Å². The Kier molecular flexibility index (Phi) is 51.0. The Labute approximate surface area is 421 Å². The van der Waals surface area contributed by atoms with Crippen molar-refractivity contribution in [3.63, 3.8) is 0 Å². The second kappa shape index (κ2) is 53.8. The topological polar surface area (TPSA) is 134 Å². The van der Waals surface area contributed by atoms with E-state index < -0.39 is 32.5 Å². The van der Waals surface area contributed by atoms with Gasteiger partial charge in [0.2, 0.25) is 0 Å². The minimum Gasteiger partial charge on any atom is -0.462 e. The van der Waals surface area contributed by atoms with Crippen LogP contribution in [-0.2, 0) is 32.7 Å². The lowest BCUT2D eigenvalue weighted by molar-refractivity contribution is -0.161. The third-order valence-corrected chi connectivity index (χ3v) is 11.8. The quantitative estimate of drug-likeness (QED) is 0.0264. The van der Waals surface area contributed by atoms with E-state index in [0.29, 0.717) is 6.42 Å². The minimum absolute atomic E-state index is 0.0398. The second-order valence-electron chi connectivity index (χ2n) is 17.3. The molecule has 10 heteroatoms. The van der Waals surface area contributed by atoms with Crippen molar-refractivity contribution in [2.45, 2.75) is 213 Å². The van der Waals surface area contributed by atoms with Crippen LogP contribution in [0.5, 0.6) is 0 Å². The zero-order chi connectivity index (χ0) is 50.2. The molecular weight excluding hydrogens is 882 g/mol. The molecule has 0 aromatic rings. The molecular formula is C59H98NO8P. The fraction of sp³-hybridized carbons (Fsp3) is 0.627. The Morgan fingerprint density at radius 1 is 0.435 bits per heavy atom. The average molecular weight is 980 g/mol. The van der Waals surface area contributed by atoms with E-state index in [2.05, 4.69) is 135 Å². The van der Waals surface area contributed by atoms with Gasteiger partial charge in [0.25, 0.3) is 0 Å². The summed E-state index contributed by atoms with van der Waals surface area (Å²) in [4.78, 5) is 35.1. The Morgan fingerprint density at radius 2 is 0.754 bits per heavy atom. The molecule has 0 aliphatic heterocycles. The first-order chi connectivity index (χ1) is 33.8. The van der Waals surface area contributed by atoms with Crippen LogP contribution in [0.2, 0.25) is 0 Å². The summed E-state index contributed by atoms with van der Waals surface area (Å²) in [5.74, 6) is -0.886. The van der Waals surface area contributed by atoms with Crippen molar-refractivity contribution >= 4 is 19.8 Å². The molecule has 0 fully saturated rings. The number of hydrogen-bond acceptors (Lipinski definition) is 8. The number of carbonyl (C=O) groups excluding carboxylic acids is 2. The molecule has 0 aromatic carbocycles. The normalized spacial score (nSPS) is 14.1. The van der Waals surface area contributed by atoms with Crippen LogP contribution in [-0.4, -0.2) is 49.3 Å². The first-order valence-electron chi connectivity index (χ1n) is 27.0. The number of phosphoric acid groups is 1. The van der Waals surface area contributed by atoms with E-state index in [0.717, 1.165) is 96.3 Å². The molecule has 392 valence electrons. The summed E-state index contributed by atoms with van der Waals surface area (Å²) in [6.45, 7) is 3.45. The SMILES string of the molecule is CC/C=C\C/C=C\C/C=C\C/C=C\C/C=C\C/C=C\CCCCC(=O)OC(COC(=O)CCCCCCCCCCCCCCCC/C=C\C/C=C\C/C=C\C/C=C\CC)COP(=O)(O)OCCN. The maximum absolute atomic E-state index is 12.7. The van der Waals surface area contributed by atoms with Gasteiger partial charge in [0.15, 0.2) is 6.10 Å². The number of unbranched alkanes of at least 4 members (excludes halogenated alkanes) is 16. The van der Waals surface area contributed by atoms with Gasteiger partial charge < -0.3 is 20.1 Å². The molecule has 9 nitrogen and oxygen atoms in total. The molecule has 0 saturated carbocycles. The Balaban J connectivity index is 4.09. The third kappa shape index (κ3) is 53.6. The number of phosphoric ester groups is 1. The highest BCUT2D eigenvalue weighted by molar-refractivity contribution is 7.47. The lowest BCUT2D eigenvalue weighted by Crippen LogP contribution is -2.29. The number of allylic oxidation sites excluding steroid dienone is 20. The highest BCUT2D eigenvalue weighted by Crippen LogP contribution is 2.43.